The maximum absolute atomic E-state index is 11.8. The molecule has 4 nitrogen and oxygen atoms in total. The lowest BCUT2D eigenvalue weighted by Crippen LogP contribution is -2.09. The minimum atomic E-state index is -0.623. The molecule has 0 saturated carbocycles. The van der Waals surface area contributed by atoms with E-state index in [4.69, 9.17) is 4.74 Å². The molecule has 104 valence electrons. The lowest BCUT2D eigenvalue weighted by molar-refractivity contribution is 0.0515. The maximum atomic E-state index is 11.8. The molecule has 0 aliphatic carbocycles. The van der Waals surface area contributed by atoms with Crippen molar-refractivity contribution >= 4 is 21.9 Å². The summed E-state index contributed by atoms with van der Waals surface area (Å²) in [5, 5.41) is 10.3. The lowest BCUT2D eigenvalue weighted by Gasteiger charge is -2.11. The van der Waals surface area contributed by atoms with Gasteiger partial charge in [-0.2, -0.15) is 0 Å². The van der Waals surface area contributed by atoms with Crippen molar-refractivity contribution in [1.29, 1.82) is 0 Å². The molecule has 1 aromatic carbocycles. The van der Waals surface area contributed by atoms with Gasteiger partial charge in [-0.3, -0.25) is 0 Å². The van der Waals surface area contributed by atoms with Crippen LogP contribution in [-0.2, 0) is 4.74 Å². The number of hydrogen-bond acceptors (Lipinski definition) is 4. The van der Waals surface area contributed by atoms with E-state index in [0.29, 0.717) is 11.3 Å². The van der Waals surface area contributed by atoms with Crippen molar-refractivity contribution in [3.63, 3.8) is 0 Å². The van der Waals surface area contributed by atoms with Gasteiger partial charge in [-0.05, 0) is 31.5 Å². The number of nitrogens with zero attached hydrogens (tertiary/aromatic N) is 1. The fourth-order valence-electron chi connectivity index (χ4n) is 1.89. The number of benzene rings is 1. The highest BCUT2D eigenvalue weighted by Gasteiger charge is 2.20. The van der Waals surface area contributed by atoms with Crippen LogP contribution in [0.25, 0.3) is 11.1 Å². The van der Waals surface area contributed by atoms with E-state index in [0.717, 1.165) is 10.0 Å². The fraction of sp³-hybridized carbons (Fsp3) is 0.200. The van der Waals surface area contributed by atoms with E-state index in [2.05, 4.69) is 20.9 Å². The van der Waals surface area contributed by atoms with Gasteiger partial charge in [0.1, 0.15) is 0 Å². The minimum Gasteiger partial charge on any atom is -0.505 e. The molecule has 2 aromatic rings. The first kappa shape index (κ1) is 14.5. The average Bonchev–Trinajstić information content (AvgIpc) is 2.42. The molecule has 0 bridgehead atoms. The largest absolute Gasteiger partial charge is 0.505 e. The molecule has 0 atom stereocenters. The Kier molecular flexibility index (Phi) is 4.39. The molecule has 0 fully saturated rings. The summed E-state index contributed by atoms with van der Waals surface area (Å²) in [4.78, 5) is 15.9. The lowest BCUT2D eigenvalue weighted by atomic mass is 10.0. The van der Waals surface area contributed by atoms with Gasteiger partial charge in [0.25, 0.3) is 0 Å². The van der Waals surface area contributed by atoms with Crippen LogP contribution in [0.2, 0.25) is 0 Å². The number of halogens is 1. The molecule has 1 heterocycles. The third-order valence-corrected chi connectivity index (χ3v) is 3.45. The Hall–Kier alpha value is -1.88. The van der Waals surface area contributed by atoms with Crippen LogP contribution >= 0.6 is 15.9 Å². The highest BCUT2D eigenvalue weighted by Crippen LogP contribution is 2.36. The third-order valence-electron chi connectivity index (χ3n) is 2.75. The van der Waals surface area contributed by atoms with Crippen LogP contribution < -0.4 is 0 Å². The number of rotatable bonds is 3. The molecule has 2 rings (SSSR count). The number of esters is 1. The van der Waals surface area contributed by atoms with Crippen molar-refractivity contribution in [2.75, 3.05) is 6.61 Å². The first-order chi connectivity index (χ1) is 9.54. The van der Waals surface area contributed by atoms with Gasteiger partial charge >= 0.3 is 5.97 Å². The molecular formula is C15H14BrNO3. The molecule has 20 heavy (non-hydrogen) atoms. The second-order valence-electron chi connectivity index (χ2n) is 4.21. The van der Waals surface area contributed by atoms with Crippen molar-refractivity contribution in [2.24, 2.45) is 0 Å². The summed E-state index contributed by atoms with van der Waals surface area (Å²) in [6.07, 6.45) is 0. The van der Waals surface area contributed by atoms with Crippen LogP contribution in [0.3, 0.4) is 0 Å². The van der Waals surface area contributed by atoms with E-state index in [9.17, 15) is 9.90 Å². The van der Waals surface area contributed by atoms with Crippen molar-refractivity contribution < 1.29 is 14.6 Å². The zero-order valence-electron chi connectivity index (χ0n) is 11.2. The zero-order chi connectivity index (χ0) is 14.7. The molecule has 0 amide bonds. The molecule has 1 aromatic heterocycles. The van der Waals surface area contributed by atoms with Gasteiger partial charge in [0, 0.05) is 15.7 Å². The highest BCUT2D eigenvalue weighted by atomic mass is 79.9. The molecular weight excluding hydrogens is 322 g/mol. The SMILES string of the molecule is CCOC(=O)c1nc(C)cc(-c2ccccc2Br)c1O. The Labute approximate surface area is 125 Å². The number of ether oxygens (including phenoxy) is 1. The molecule has 0 unspecified atom stereocenters. The molecule has 0 radical (unpaired) electrons. The van der Waals surface area contributed by atoms with Crippen molar-refractivity contribution in [3.05, 3.63) is 46.2 Å². The van der Waals surface area contributed by atoms with E-state index in [1.165, 1.54) is 0 Å². The number of carbonyl (C=O) groups is 1. The van der Waals surface area contributed by atoms with Crippen LogP contribution in [0.1, 0.15) is 23.1 Å². The number of carbonyl (C=O) groups excluding carboxylic acids is 1. The quantitative estimate of drug-likeness (QED) is 0.869. The number of aryl methyl sites for hydroxylation is 1. The Balaban J connectivity index is 2.61. The standard InChI is InChI=1S/C15H14BrNO3/c1-3-20-15(19)13-14(18)11(8-9(2)17-13)10-6-4-5-7-12(10)16/h4-8,18H,3H2,1-2H3. The first-order valence-electron chi connectivity index (χ1n) is 6.17. The third kappa shape index (κ3) is 2.82. The Bertz CT molecular complexity index is 656. The van der Waals surface area contributed by atoms with Gasteiger partial charge in [-0.15, -0.1) is 0 Å². The van der Waals surface area contributed by atoms with Gasteiger partial charge < -0.3 is 9.84 Å². The molecule has 0 aliphatic heterocycles. The second kappa shape index (κ2) is 6.05. The van der Waals surface area contributed by atoms with E-state index in [1.54, 1.807) is 19.9 Å². The first-order valence-corrected chi connectivity index (χ1v) is 6.96. The van der Waals surface area contributed by atoms with E-state index in [-0.39, 0.29) is 18.1 Å². The summed E-state index contributed by atoms with van der Waals surface area (Å²) in [6.45, 7) is 3.71. The van der Waals surface area contributed by atoms with Crippen LogP contribution in [0.4, 0.5) is 0 Å². The summed E-state index contributed by atoms with van der Waals surface area (Å²) in [7, 11) is 0. The van der Waals surface area contributed by atoms with E-state index in [1.807, 2.05) is 24.3 Å². The average molecular weight is 336 g/mol. The topological polar surface area (TPSA) is 59.4 Å². The van der Waals surface area contributed by atoms with Crippen LogP contribution in [0, 0.1) is 6.92 Å². The second-order valence-corrected chi connectivity index (χ2v) is 5.06. The summed E-state index contributed by atoms with van der Waals surface area (Å²) in [6, 6.07) is 9.20. The Morgan fingerprint density at radius 2 is 2.05 bits per heavy atom. The Morgan fingerprint density at radius 3 is 2.70 bits per heavy atom. The highest BCUT2D eigenvalue weighted by molar-refractivity contribution is 9.10. The summed E-state index contributed by atoms with van der Waals surface area (Å²) < 4.78 is 5.74. The van der Waals surface area contributed by atoms with Gasteiger partial charge in [-0.1, -0.05) is 34.1 Å². The van der Waals surface area contributed by atoms with Crippen LogP contribution in [0.5, 0.6) is 5.75 Å². The number of pyridine rings is 1. The number of hydrogen-bond donors (Lipinski definition) is 1. The maximum Gasteiger partial charge on any atom is 0.360 e. The summed E-state index contributed by atoms with van der Waals surface area (Å²) in [5.74, 6) is -0.789. The zero-order valence-corrected chi connectivity index (χ0v) is 12.8. The molecule has 5 heteroatoms. The monoisotopic (exact) mass is 335 g/mol. The summed E-state index contributed by atoms with van der Waals surface area (Å²) in [5.41, 5.74) is 1.92. The van der Waals surface area contributed by atoms with E-state index < -0.39 is 5.97 Å². The van der Waals surface area contributed by atoms with Crippen molar-refractivity contribution in [3.8, 4) is 16.9 Å². The smallest absolute Gasteiger partial charge is 0.360 e. The predicted molar refractivity (Wildman–Crippen MR) is 79.7 cm³/mol. The van der Waals surface area contributed by atoms with Gasteiger partial charge in [0.05, 0.1) is 6.61 Å². The van der Waals surface area contributed by atoms with E-state index >= 15 is 0 Å². The predicted octanol–water partition coefficient (Wildman–Crippen LogP) is 3.70. The fourth-order valence-corrected chi connectivity index (χ4v) is 2.39. The van der Waals surface area contributed by atoms with Crippen molar-refractivity contribution in [2.45, 2.75) is 13.8 Å². The van der Waals surface area contributed by atoms with Crippen LogP contribution in [-0.4, -0.2) is 22.7 Å². The van der Waals surface area contributed by atoms with Gasteiger partial charge in [0.2, 0.25) is 0 Å². The molecule has 1 N–H and O–H groups in total. The Morgan fingerprint density at radius 1 is 1.35 bits per heavy atom. The number of aromatic nitrogens is 1. The number of aromatic hydroxyl groups is 1. The molecule has 0 saturated heterocycles. The minimum absolute atomic E-state index is 0.0578. The van der Waals surface area contributed by atoms with Gasteiger partial charge in [-0.25, -0.2) is 9.78 Å². The normalized spacial score (nSPS) is 10.3. The van der Waals surface area contributed by atoms with Gasteiger partial charge in [0.15, 0.2) is 11.4 Å². The van der Waals surface area contributed by atoms with Crippen LogP contribution in [0.15, 0.2) is 34.8 Å². The molecule has 0 aliphatic rings. The molecule has 0 spiro atoms. The summed E-state index contributed by atoms with van der Waals surface area (Å²) >= 11 is 3.44. The van der Waals surface area contributed by atoms with Crippen molar-refractivity contribution in [1.82, 2.24) is 4.98 Å².